The van der Waals surface area contributed by atoms with Crippen molar-refractivity contribution in [1.82, 2.24) is 9.80 Å². The van der Waals surface area contributed by atoms with Crippen molar-refractivity contribution >= 4 is 46.0 Å². The Morgan fingerprint density at radius 3 is 2.39 bits per heavy atom. The molecule has 2 unspecified atom stereocenters. The predicted octanol–water partition coefficient (Wildman–Crippen LogP) is 6.87. The highest BCUT2D eigenvalue weighted by Gasteiger charge is 2.53. The van der Waals surface area contributed by atoms with Crippen LogP contribution in [0.4, 0.5) is 0 Å². The van der Waals surface area contributed by atoms with Crippen molar-refractivity contribution in [2.24, 2.45) is 10.9 Å². The molecule has 0 saturated carbocycles. The molecule has 2 aromatic rings. The van der Waals surface area contributed by atoms with E-state index in [-0.39, 0.29) is 23.9 Å². The average molecular weight is 545 g/mol. The Kier molecular flexibility index (Phi) is 7.16. The largest absolute Gasteiger partial charge is 0.383 e. The number of benzene rings is 2. The summed E-state index contributed by atoms with van der Waals surface area (Å²) in [4.78, 5) is 24.3. The lowest BCUT2D eigenvalue weighted by Gasteiger charge is -2.37. The van der Waals surface area contributed by atoms with Gasteiger partial charge in [-0.25, -0.2) is 4.99 Å². The molecule has 1 amide bonds. The summed E-state index contributed by atoms with van der Waals surface area (Å²) in [5.41, 5.74) is 2.64. The van der Waals surface area contributed by atoms with Gasteiger partial charge in [0.15, 0.2) is 5.17 Å². The number of ether oxygens (including phenoxy) is 1. The van der Waals surface area contributed by atoms with Gasteiger partial charge < -0.3 is 14.5 Å². The third kappa shape index (κ3) is 4.36. The van der Waals surface area contributed by atoms with E-state index in [1.807, 2.05) is 41.3 Å². The highest BCUT2D eigenvalue weighted by molar-refractivity contribution is 8.18. The SMILES string of the molecule is COC[C@@H]1CCCN1C(=O)C1=C(C(C)C)N2C(=NC(C)(c3ccc(Cl)cc3)C2c2ccc(Cl)cc2)S1. The second-order valence-electron chi connectivity index (χ2n) is 10.1. The van der Waals surface area contributed by atoms with Gasteiger partial charge in [-0.2, -0.15) is 0 Å². The molecular weight excluding hydrogens is 513 g/mol. The first-order valence-corrected chi connectivity index (χ1v) is 13.9. The number of carbonyl (C=O) groups is 1. The fourth-order valence-electron chi connectivity index (χ4n) is 5.66. The maximum absolute atomic E-state index is 13.9. The second kappa shape index (κ2) is 10.1. The van der Waals surface area contributed by atoms with Crippen molar-refractivity contribution < 1.29 is 9.53 Å². The van der Waals surface area contributed by atoms with E-state index in [0.717, 1.165) is 46.3 Å². The summed E-state index contributed by atoms with van der Waals surface area (Å²) in [5.74, 6) is 0.221. The van der Waals surface area contributed by atoms with Crippen LogP contribution in [0.3, 0.4) is 0 Å². The van der Waals surface area contributed by atoms with Crippen LogP contribution in [0, 0.1) is 5.92 Å². The first-order valence-electron chi connectivity index (χ1n) is 12.4. The topological polar surface area (TPSA) is 45.1 Å². The molecule has 36 heavy (non-hydrogen) atoms. The molecule has 3 atom stereocenters. The average Bonchev–Trinajstić information content (AvgIpc) is 3.52. The Labute approximate surface area is 227 Å². The minimum atomic E-state index is -0.568. The van der Waals surface area contributed by atoms with Crippen LogP contribution in [0.25, 0.3) is 0 Å². The van der Waals surface area contributed by atoms with Gasteiger partial charge in [-0.15, -0.1) is 0 Å². The molecule has 0 aromatic heterocycles. The molecule has 1 fully saturated rings. The lowest BCUT2D eigenvalue weighted by atomic mass is 9.81. The van der Waals surface area contributed by atoms with Crippen LogP contribution in [0.15, 0.2) is 64.1 Å². The number of halogens is 2. The van der Waals surface area contributed by atoms with Gasteiger partial charge in [0.25, 0.3) is 5.91 Å². The lowest BCUT2D eigenvalue weighted by Crippen LogP contribution is -2.39. The third-order valence-corrected chi connectivity index (χ3v) is 8.93. The van der Waals surface area contributed by atoms with Gasteiger partial charge in [-0.1, -0.05) is 61.3 Å². The van der Waals surface area contributed by atoms with Crippen LogP contribution in [0.1, 0.15) is 50.8 Å². The number of carbonyl (C=O) groups excluding carboxylic acids is 1. The molecule has 5 rings (SSSR count). The number of methoxy groups -OCH3 is 1. The quantitative estimate of drug-likeness (QED) is 0.398. The molecule has 0 aliphatic carbocycles. The number of amidine groups is 1. The Morgan fingerprint density at radius 1 is 1.14 bits per heavy atom. The highest BCUT2D eigenvalue weighted by atomic mass is 35.5. The molecule has 5 nitrogen and oxygen atoms in total. The van der Waals surface area contributed by atoms with Crippen LogP contribution in [0.2, 0.25) is 10.0 Å². The van der Waals surface area contributed by atoms with Crippen molar-refractivity contribution in [3.8, 4) is 0 Å². The Hall–Kier alpha value is -1.99. The summed E-state index contributed by atoms with van der Waals surface area (Å²) in [5, 5.41) is 2.25. The van der Waals surface area contributed by atoms with E-state index in [1.165, 1.54) is 11.8 Å². The van der Waals surface area contributed by atoms with Crippen molar-refractivity contribution in [3.05, 3.63) is 80.3 Å². The molecule has 0 radical (unpaired) electrons. The fourth-order valence-corrected chi connectivity index (χ4v) is 7.28. The van der Waals surface area contributed by atoms with Gasteiger partial charge in [-0.3, -0.25) is 4.79 Å². The number of rotatable bonds is 6. The molecule has 190 valence electrons. The first-order chi connectivity index (χ1) is 17.2. The van der Waals surface area contributed by atoms with E-state index >= 15 is 0 Å². The second-order valence-corrected chi connectivity index (χ2v) is 11.9. The maximum atomic E-state index is 13.9. The zero-order valence-electron chi connectivity index (χ0n) is 21.0. The molecular formula is C28H31Cl2N3O2S. The van der Waals surface area contributed by atoms with Crippen molar-refractivity contribution in [1.29, 1.82) is 0 Å². The van der Waals surface area contributed by atoms with Crippen LogP contribution < -0.4 is 0 Å². The Balaban J connectivity index is 1.61. The molecule has 3 aliphatic heterocycles. The lowest BCUT2D eigenvalue weighted by molar-refractivity contribution is -0.128. The number of likely N-dealkylation sites (tertiary alicyclic amines) is 1. The molecule has 8 heteroatoms. The van der Waals surface area contributed by atoms with Gasteiger partial charge in [0.2, 0.25) is 0 Å². The molecule has 0 spiro atoms. The number of aliphatic imine (C=N–C) groups is 1. The van der Waals surface area contributed by atoms with Crippen LogP contribution >= 0.6 is 35.0 Å². The number of hydrogen-bond donors (Lipinski definition) is 0. The number of thioether (sulfide) groups is 1. The molecule has 3 aliphatic rings. The number of hydrogen-bond acceptors (Lipinski definition) is 5. The minimum absolute atomic E-state index is 0.0865. The number of allylic oxidation sites excluding steroid dienone is 1. The summed E-state index contributed by atoms with van der Waals surface area (Å²) in [6, 6.07) is 15.9. The van der Waals surface area contributed by atoms with Crippen molar-refractivity contribution in [3.63, 3.8) is 0 Å². The molecule has 1 saturated heterocycles. The van der Waals surface area contributed by atoms with Crippen LogP contribution in [-0.4, -0.2) is 47.2 Å². The van der Waals surface area contributed by atoms with E-state index in [1.54, 1.807) is 7.11 Å². The predicted molar refractivity (Wildman–Crippen MR) is 148 cm³/mol. The molecule has 2 aromatic carbocycles. The zero-order chi connectivity index (χ0) is 25.6. The summed E-state index contributed by atoms with van der Waals surface area (Å²) in [7, 11) is 1.70. The minimum Gasteiger partial charge on any atom is -0.383 e. The maximum Gasteiger partial charge on any atom is 0.262 e. The number of amides is 1. The third-order valence-electron chi connectivity index (χ3n) is 7.36. The smallest absolute Gasteiger partial charge is 0.262 e. The zero-order valence-corrected chi connectivity index (χ0v) is 23.3. The molecule has 0 bridgehead atoms. The summed E-state index contributed by atoms with van der Waals surface area (Å²) < 4.78 is 5.42. The molecule has 0 N–H and O–H groups in total. The highest BCUT2D eigenvalue weighted by Crippen LogP contribution is 2.56. The summed E-state index contributed by atoms with van der Waals surface area (Å²) in [6.45, 7) is 7.79. The summed E-state index contributed by atoms with van der Waals surface area (Å²) in [6.07, 6.45) is 1.97. The van der Waals surface area contributed by atoms with E-state index in [0.29, 0.717) is 16.7 Å². The van der Waals surface area contributed by atoms with Gasteiger partial charge in [0, 0.05) is 29.4 Å². The standard InChI is InChI=1S/C28H31Cl2N3O2S/c1-17(2)23-24(26(34)32-15-5-6-22(32)16-35-4)36-27-31-28(3,19-9-13-21(30)14-10-19)25(33(23)27)18-7-11-20(29)12-8-18/h7-14,17,22,25H,5-6,15-16H2,1-4H3/t22-,25?,28?/m0/s1. The van der Waals surface area contributed by atoms with Gasteiger partial charge in [0.05, 0.1) is 18.7 Å². The van der Waals surface area contributed by atoms with E-state index in [2.05, 4.69) is 37.8 Å². The van der Waals surface area contributed by atoms with E-state index < -0.39 is 5.54 Å². The van der Waals surface area contributed by atoms with E-state index in [9.17, 15) is 4.79 Å². The van der Waals surface area contributed by atoms with Gasteiger partial charge in [0.1, 0.15) is 10.4 Å². The fraction of sp³-hybridized carbons (Fsp3) is 0.429. The monoisotopic (exact) mass is 543 g/mol. The van der Waals surface area contributed by atoms with E-state index in [4.69, 9.17) is 32.9 Å². The summed E-state index contributed by atoms with van der Waals surface area (Å²) >= 11 is 14.0. The normalized spacial score (nSPS) is 25.7. The van der Waals surface area contributed by atoms with Crippen molar-refractivity contribution in [2.45, 2.75) is 51.2 Å². The number of nitrogens with zero attached hydrogens (tertiary/aromatic N) is 3. The number of fused-ring (bicyclic) bond motifs is 1. The Bertz CT molecular complexity index is 1210. The van der Waals surface area contributed by atoms with Gasteiger partial charge >= 0.3 is 0 Å². The Morgan fingerprint density at radius 2 is 1.78 bits per heavy atom. The van der Waals surface area contributed by atoms with Crippen LogP contribution in [-0.2, 0) is 15.1 Å². The van der Waals surface area contributed by atoms with Gasteiger partial charge in [-0.05, 0) is 72.8 Å². The molecule has 3 heterocycles. The van der Waals surface area contributed by atoms with Crippen molar-refractivity contribution in [2.75, 3.05) is 20.3 Å². The van der Waals surface area contributed by atoms with Crippen LogP contribution in [0.5, 0.6) is 0 Å². The first kappa shape index (κ1) is 25.7.